The van der Waals surface area contributed by atoms with Gasteiger partial charge in [0, 0.05) is 74.9 Å². The molecule has 1 saturated carbocycles. The molecule has 0 radical (unpaired) electrons. The van der Waals surface area contributed by atoms with Gasteiger partial charge in [0.25, 0.3) is 5.91 Å². The number of likely N-dealkylation sites (N-methyl/N-ethyl adjacent to an activating group) is 1. The third-order valence-corrected chi connectivity index (χ3v) is 13.7. The van der Waals surface area contributed by atoms with Crippen LogP contribution in [0.25, 0.3) is 0 Å². The van der Waals surface area contributed by atoms with E-state index in [1.54, 1.807) is 30.4 Å². The molecule has 5 atom stereocenters. The van der Waals surface area contributed by atoms with Gasteiger partial charge in [-0.15, -0.1) is 0 Å². The first-order valence-electron chi connectivity index (χ1n) is 18.8. The standard InChI is InChI=1S/C34H41ClN2O6S.C5H12N2.CH3I/c1-22-5-3-7-30(38)27-11-8-25(27)19-37-20-34(15-4-6-23-17-26(35)10-12-28(23)34)21-43-31-13-9-24(18-29(31)37)33(39)36-44(40,41)32(22)14-16-42-2;1-7-4-2-6-3-5-7;1-2/h3,7,9-10,12-13,17-18,22,25,27,32H,4-6,8,11,14-16,19-21H2,1-2H3,(H,36,39);6H,2-5H2,1H3;1H3/b7-3+;;/t22-,25-,27+,32+,34-;;/m0../s1. The van der Waals surface area contributed by atoms with Gasteiger partial charge in [-0.2, -0.15) is 0 Å². The molecule has 3 heterocycles. The molecule has 2 aromatic carbocycles. The number of halogens is 2. The van der Waals surface area contributed by atoms with Crippen LogP contribution in [0.4, 0.5) is 5.69 Å². The largest absolute Gasteiger partial charge is 0.490 e. The number of ether oxygens (including phenoxy) is 2. The van der Waals surface area contributed by atoms with Crippen LogP contribution in [0.5, 0.6) is 5.75 Å². The molecule has 2 aromatic rings. The minimum absolute atomic E-state index is 0.0880. The highest BCUT2D eigenvalue weighted by Gasteiger charge is 2.44. The number of piperazine rings is 1. The monoisotopic (exact) mass is 882 g/mol. The lowest BCUT2D eigenvalue weighted by Crippen LogP contribution is -2.49. The zero-order chi connectivity index (χ0) is 38.2. The Bertz CT molecular complexity index is 1720. The molecule has 2 N–H and O–H groups in total. The van der Waals surface area contributed by atoms with Crippen LogP contribution in [0.3, 0.4) is 0 Å². The fourth-order valence-corrected chi connectivity index (χ4v) is 10.2. The van der Waals surface area contributed by atoms with Gasteiger partial charge in [-0.3, -0.25) is 9.59 Å². The molecule has 1 amide bonds. The summed E-state index contributed by atoms with van der Waals surface area (Å²) in [6.07, 6.45) is 8.75. The molecule has 5 aliphatic rings. The normalized spacial score (nSPS) is 28.9. The second-order valence-electron chi connectivity index (χ2n) is 15.1. The minimum atomic E-state index is -4.05. The summed E-state index contributed by atoms with van der Waals surface area (Å²) in [5.74, 6) is -0.172. The van der Waals surface area contributed by atoms with Crippen LogP contribution >= 0.6 is 34.2 Å². The van der Waals surface area contributed by atoms with E-state index in [2.05, 4.69) is 61.6 Å². The van der Waals surface area contributed by atoms with E-state index in [0.717, 1.165) is 55.9 Å². The van der Waals surface area contributed by atoms with E-state index in [1.807, 2.05) is 17.9 Å². The summed E-state index contributed by atoms with van der Waals surface area (Å²) in [7, 11) is -0.372. The Hall–Kier alpha value is -2.23. The van der Waals surface area contributed by atoms with Crippen molar-refractivity contribution in [3.8, 4) is 5.75 Å². The number of allylic oxidation sites excluding steroid dienone is 2. The highest BCUT2D eigenvalue weighted by Crippen LogP contribution is 2.46. The van der Waals surface area contributed by atoms with Crippen molar-refractivity contribution < 1.29 is 27.5 Å². The molecule has 10 nitrogen and oxygen atoms in total. The van der Waals surface area contributed by atoms with Crippen molar-refractivity contribution >= 4 is 61.6 Å². The third-order valence-electron chi connectivity index (χ3n) is 11.5. The number of aryl methyl sites for hydroxylation is 1. The minimum Gasteiger partial charge on any atom is -0.490 e. The fourth-order valence-electron chi connectivity index (χ4n) is 8.39. The number of fused-ring (bicyclic) bond motifs is 4. The number of sulfonamides is 1. The van der Waals surface area contributed by atoms with E-state index >= 15 is 0 Å². The molecule has 1 saturated heterocycles. The Labute approximate surface area is 334 Å². The molecule has 13 heteroatoms. The van der Waals surface area contributed by atoms with Crippen molar-refractivity contribution in [3.63, 3.8) is 0 Å². The second kappa shape index (κ2) is 19.1. The van der Waals surface area contributed by atoms with Crippen LogP contribution in [0, 0.1) is 17.8 Å². The van der Waals surface area contributed by atoms with Crippen LogP contribution in [0.15, 0.2) is 48.6 Å². The van der Waals surface area contributed by atoms with E-state index < -0.39 is 21.2 Å². The maximum atomic E-state index is 13.6. The molecule has 292 valence electrons. The van der Waals surface area contributed by atoms with Crippen molar-refractivity contribution in [1.82, 2.24) is 14.9 Å². The number of carbonyl (C=O) groups excluding carboxylic acids is 2. The van der Waals surface area contributed by atoms with E-state index in [9.17, 15) is 18.0 Å². The van der Waals surface area contributed by atoms with Crippen molar-refractivity contribution in [1.29, 1.82) is 0 Å². The first-order chi connectivity index (χ1) is 25.5. The van der Waals surface area contributed by atoms with Crippen molar-refractivity contribution in [3.05, 3.63) is 70.3 Å². The molecule has 0 aromatic heterocycles. The lowest BCUT2D eigenvalue weighted by atomic mass is 9.68. The first kappa shape index (κ1) is 41.9. The van der Waals surface area contributed by atoms with E-state index in [1.165, 1.54) is 31.3 Å². The Morgan fingerprint density at radius 1 is 1.09 bits per heavy atom. The molecule has 2 fully saturated rings. The Morgan fingerprint density at radius 2 is 1.87 bits per heavy atom. The summed E-state index contributed by atoms with van der Waals surface area (Å²) in [5.41, 5.74) is 3.17. The van der Waals surface area contributed by atoms with E-state index in [4.69, 9.17) is 21.1 Å². The maximum absolute atomic E-state index is 13.6. The summed E-state index contributed by atoms with van der Waals surface area (Å²) < 4.78 is 41.2. The number of rotatable bonds is 3. The topological polar surface area (TPSA) is 117 Å². The molecule has 7 rings (SSSR count). The molecule has 2 aliphatic carbocycles. The lowest BCUT2D eigenvalue weighted by Gasteiger charge is -2.44. The van der Waals surface area contributed by atoms with Crippen molar-refractivity contribution in [2.24, 2.45) is 17.8 Å². The molecule has 0 unspecified atom stereocenters. The van der Waals surface area contributed by atoms with Crippen LogP contribution in [0.1, 0.15) is 66.9 Å². The van der Waals surface area contributed by atoms with Gasteiger partial charge in [-0.1, -0.05) is 53.3 Å². The highest BCUT2D eigenvalue weighted by atomic mass is 127. The lowest BCUT2D eigenvalue weighted by molar-refractivity contribution is -0.122. The zero-order valence-electron chi connectivity index (χ0n) is 31.5. The number of hydrogen-bond donors (Lipinski definition) is 2. The summed E-state index contributed by atoms with van der Waals surface area (Å²) >= 11 is 8.54. The van der Waals surface area contributed by atoms with Gasteiger partial charge in [0.2, 0.25) is 10.0 Å². The second-order valence-corrected chi connectivity index (χ2v) is 17.4. The Morgan fingerprint density at radius 3 is 2.55 bits per heavy atom. The summed E-state index contributed by atoms with van der Waals surface area (Å²) in [6, 6.07) is 11.3. The molecule has 2 bridgehead atoms. The third kappa shape index (κ3) is 10.2. The summed E-state index contributed by atoms with van der Waals surface area (Å²) in [6.45, 7) is 8.58. The van der Waals surface area contributed by atoms with Gasteiger partial charge in [0.1, 0.15) is 5.75 Å². The van der Waals surface area contributed by atoms with Gasteiger partial charge in [0.05, 0.1) is 17.5 Å². The van der Waals surface area contributed by atoms with Gasteiger partial charge < -0.3 is 24.6 Å². The molecule has 3 aliphatic heterocycles. The SMILES string of the molecule is CI.CN1CCNCC1.COCC[C@@H]1[C@@H](C)C/C=C/C(=O)[C@@H]2CC[C@H]2CN2C[C@@]3(CCCc4cc(Cl)ccc43)COc3ccc(cc32)C(=O)NS1(=O)=O. The van der Waals surface area contributed by atoms with Gasteiger partial charge in [-0.05, 0) is 116 Å². The maximum Gasteiger partial charge on any atom is 0.264 e. The number of nitrogens with zero attached hydrogens (tertiary/aromatic N) is 2. The number of anilines is 1. The first-order valence-corrected chi connectivity index (χ1v) is 22.9. The van der Waals surface area contributed by atoms with Crippen molar-refractivity contribution in [2.45, 2.75) is 62.5 Å². The Balaban J connectivity index is 0.000000534. The highest BCUT2D eigenvalue weighted by molar-refractivity contribution is 14.1. The van der Waals surface area contributed by atoms with Crippen LogP contribution in [-0.4, -0.2) is 102 Å². The number of amides is 1. The molecule has 53 heavy (non-hydrogen) atoms. The van der Waals surface area contributed by atoms with Crippen LogP contribution in [-0.2, 0) is 31.4 Å². The summed E-state index contributed by atoms with van der Waals surface area (Å²) in [5, 5.41) is 3.13. The number of carbonyl (C=O) groups is 2. The van der Waals surface area contributed by atoms with E-state index in [-0.39, 0.29) is 47.5 Å². The summed E-state index contributed by atoms with van der Waals surface area (Å²) in [4.78, 5) is 33.5. The van der Waals surface area contributed by atoms with Gasteiger partial charge >= 0.3 is 0 Å². The smallest absolute Gasteiger partial charge is 0.264 e. The Kier molecular flexibility index (Phi) is 15.1. The number of alkyl halides is 1. The zero-order valence-corrected chi connectivity index (χ0v) is 35.3. The number of ketones is 1. The fraction of sp³-hybridized carbons (Fsp3) is 0.600. The average Bonchev–Trinajstić information content (AvgIpc) is 3.27. The average molecular weight is 883 g/mol. The number of nitrogens with one attached hydrogen (secondary N) is 2. The van der Waals surface area contributed by atoms with Crippen molar-refractivity contribution in [2.75, 3.05) is 76.5 Å². The number of methoxy groups -OCH3 is 1. The predicted molar refractivity (Wildman–Crippen MR) is 221 cm³/mol. The van der Waals surface area contributed by atoms with Gasteiger partial charge in [0.15, 0.2) is 5.78 Å². The van der Waals surface area contributed by atoms with E-state index in [0.29, 0.717) is 31.9 Å². The number of benzene rings is 2. The van der Waals surface area contributed by atoms with Gasteiger partial charge in [-0.25, -0.2) is 13.1 Å². The van der Waals surface area contributed by atoms with Crippen LogP contribution in [0.2, 0.25) is 5.02 Å². The molecular formula is C40H56ClIN4O6S. The molecule has 1 spiro atoms. The molecular weight excluding hydrogens is 827 g/mol. The van der Waals surface area contributed by atoms with Crippen LogP contribution < -0.4 is 19.7 Å². The quantitative estimate of drug-likeness (QED) is 0.281. The predicted octanol–water partition coefficient (Wildman–Crippen LogP) is 6.04. The number of hydrogen-bond acceptors (Lipinski definition) is 9.